The molecule has 0 aliphatic heterocycles. The van der Waals surface area contributed by atoms with Crippen LogP contribution < -0.4 is 5.32 Å². The lowest BCUT2D eigenvalue weighted by molar-refractivity contribution is -0.184. The number of ether oxygens (including phenoxy) is 1. The van der Waals surface area contributed by atoms with Gasteiger partial charge in [0.25, 0.3) is 5.91 Å². The van der Waals surface area contributed by atoms with Crippen molar-refractivity contribution in [2.75, 3.05) is 11.9 Å². The Bertz CT molecular complexity index is 687. The molecule has 1 amide bonds. The summed E-state index contributed by atoms with van der Waals surface area (Å²) >= 11 is 1.08. The Hall–Kier alpha value is -2.00. The number of carbonyl (C=O) groups is 1. The molecule has 0 fully saturated rings. The Kier molecular flexibility index (Phi) is 5.32. The van der Waals surface area contributed by atoms with E-state index >= 15 is 0 Å². The van der Waals surface area contributed by atoms with E-state index in [-0.39, 0.29) is 5.13 Å². The van der Waals surface area contributed by atoms with E-state index in [2.05, 4.69) is 15.0 Å². The predicted octanol–water partition coefficient (Wildman–Crippen LogP) is 3.86. The van der Waals surface area contributed by atoms with Crippen molar-refractivity contribution in [3.05, 3.63) is 35.5 Å². The summed E-state index contributed by atoms with van der Waals surface area (Å²) in [7, 11) is 0. The average molecular weight is 348 g/mol. The number of thiazole rings is 1. The third kappa shape index (κ3) is 5.29. The van der Waals surface area contributed by atoms with E-state index in [0.717, 1.165) is 11.3 Å². The van der Waals surface area contributed by atoms with Crippen LogP contribution in [0.3, 0.4) is 0 Å². The largest absolute Gasteiger partial charge is 0.411 e. The Morgan fingerprint density at radius 2 is 2.17 bits per heavy atom. The van der Waals surface area contributed by atoms with Crippen LogP contribution in [0.4, 0.5) is 22.7 Å². The number of rotatable bonds is 5. The number of anilines is 1. The number of aromatic nitrogens is 1. The highest BCUT2D eigenvalue weighted by molar-refractivity contribution is 7.14. The van der Waals surface area contributed by atoms with Gasteiger partial charge in [-0.3, -0.25) is 10.1 Å². The number of benzene rings is 1. The maximum absolute atomic E-state index is 13.2. The number of hydrogen-bond donors (Lipinski definition) is 1. The zero-order chi connectivity index (χ0) is 17.0. The quantitative estimate of drug-likeness (QED) is 0.835. The number of hydrogen-bond acceptors (Lipinski definition) is 4. The first-order valence-electron chi connectivity index (χ1n) is 6.45. The van der Waals surface area contributed by atoms with E-state index in [9.17, 15) is 22.4 Å². The van der Waals surface area contributed by atoms with Crippen LogP contribution >= 0.6 is 11.3 Å². The van der Waals surface area contributed by atoms with E-state index in [4.69, 9.17) is 0 Å². The predicted molar refractivity (Wildman–Crippen MR) is 77.6 cm³/mol. The number of alkyl halides is 3. The van der Waals surface area contributed by atoms with Gasteiger partial charge in [-0.1, -0.05) is 12.1 Å². The van der Waals surface area contributed by atoms with Crippen LogP contribution in [0.25, 0.3) is 11.3 Å². The monoisotopic (exact) mass is 348 g/mol. The van der Waals surface area contributed by atoms with Crippen molar-refractivity contribution in [3.63, 3.8) is 0 Å². The van der Waals surface area contributed by atoms with Crippen LogP contribution in [0.1, 0.15) is 6.92 Å². The van der Waals surface area contributed by atoms with Crippen LogP contribution in [-0.2, 0) is 9.53 Å². The molecule has 9 heteroatoms. The van der Waals surface area contributed by atoms with Gasteiger partial charge in [0.2, 0.25) is 0 Å². The standard InChI is InChI=1S/C14H12F4N2O2S/c1-8(22-7-14(16,17)18)12(21)20-13-19-11(6-23-13)9-3-2-4-10(15)5-9/h2-6,8H,7H2,1H3,(H,19,20,21)/t8-/m0/s1. The van der Waals surface area contributed by atoms with Crippen molar-refractivity contribution in [2.24, 2.45) is 0 Å². The lowest BCUT2D eigenvalue weighted by atomic mass is 10.2. The minimum absolute atomic E-state index is 0.191. The molecule has 0 bridgehead atoms. The number of amides is 1. The Balaban J connectivity index is 1.97. The first-order chi connectivity index (χ1) is 10.7. The minimum Gasteiger partial charge on any atom is -0.359 e. The maximum Gasteiger partial charge on any atom is 0.411 e. The molecule has 0 saturated carbocycles. The SMILES string of the molecule is C[C@H](OCC(F)(F)F)C(=O)Nc1nc(-c2cccc(F)c2)cs1. The van der Waals surface area contributed by atoms with E-state index in [1.54, 1.807) is 11.4 Å². The molecule has 2 aromatic rings. The third-order valence-electron chi connectivity index (χ3n) is 2.72. The fourth-order valence-corrected chi connectivity index (χ4v) is 2.34. The second-order valence-corrected chi connectivity index (χ2v) is 5.46. The summed E-state index contributed by atoms with van der Waals surface area (Å²) in [5.74, 6) is -1.16. The second kappa shape index (κ2) is 7.05. The Labute approximate surface area is 133 Å². The van der Waals surface area contributed by atoms with Gasteiger partial charge in [0.1, 0.15) is 18.5 Å². The molecule has 0 aliphatic rings. The van der Waals surface area contributed by atoms with Gasteiger partial charge >= 0.3 is 6.18 Å². The molecule has 1 N–H and O–H groups in total. The highest BCUT2D eigenvalue weighted by Gasteiger charge is 2.30. The lowest BCUT2D eigenvalue weighted by Crippen LogP contribution is -2.31. The first kappa shape index (κ1) is 17.4. The molecular formula is C14H12F4N2O2S. The zero-order valence-corrected chi connectivity index (χ0v) is 12.7. The molecule has 1 heterocycles. The van der Waals surface area contributed by atoms with Gasteiger partial charge in [0.05, 0.1) is 5.69 Å². The first-order valence-corrected chi connectivity index (χ1v) is 7.33. The van der Waals surface area contributed by atoms with Gasteiger partial charge in [-0.15, -0.1) is 11.3 Å². The Morgan fingerprint density at radius 3 is 2.83 bits per heavy atom. The van der Waals surface area contributed by atoms with Crippen LogP contribution in [0.5, 0.6) is 0 Å². The van der Waals surface area contributed by atoms with Crippen molar-refractivity contribution in [1.82, 2.24) is 4.98 Å². The summed E-state index contributed by atoms with van der Waals surface area (Å²) in [5.41, 5.74) is 0.983. The molecule has 1 aromatic heterocycles. The van der Waals surface area contributed by atoms with Crippen molar-refractivity contribution in [3.8, 4) is 11.3 Å². The summed E-state index contributed by atoms with van der Waals surface area (Å²) in [6, 6.07) is 5.75. The molecule has 4 nitrogen and oxygen atoms in total. The highest BCUT2D eigenvalue weighted by Crippen LogP contribution is 2.25. The smallest absolute Gasteiger partial charge is 0.359 e. The van der Waals surface area contributed by atoms with Gasteiger partial charge in [0, 0.05) is 10.9 Å². The fraction of sp³-hybridized carbons (Fsp3) is 0.286. The lowest BCUT2D eigenvalue weighted by Gasteiger charge is -2.13. The van der Waals surface area contributed by atoms with Gasteiger partial charge in [-0.2, -0.15) is 13.2 Å². The van der Waals surface area contributed by atoms with Crippen molar-refractivity contribution < 1.29 is 27.1 Å². The number of nitrogens with zero attached hydrogens (tertiary/aromatic N) is 1. The van der Waals surface area contributed by atoms with Crippen LogP contribution in [0, 0.1) is 5.82 Å². The molecule has 0 saturated heterocycles. The fourth-order valence-electron chi connectivity index (χ4n) is 1.61. The highest BCUT2D eigenvalue weighted by atomic mass is 32.1. The molecule has 124 valence electrons. The molecule has 2 rings (SSSR count). The topological polar surface area (TPSA) is 51.2 Å². The summed E-state index contributed by atoms with van der Waals surface area (Å²) in [6.07, 6.45) is -5.78. The van der Waals surface area contributed by atoms with Crippen molar-refractivity contribution in [2.45, 2.75) is 19.2 Å². The minimum atomic E-state index is -4.50. The van der Waals surface area contributed by atoms with Crippen LogP contribution in [0.15, 0.2) is 29.6 Å². The van der Waals surface area contributed by atoms with Crippen LogP contribution in [-0.4, -0.2) is 29.8 Å². The third-order valence-corrected chi connectivity index (χ3v) is 3.48. The zero-order valence-electron chi connectivity index (χ0n) is 11.9. The van der Waals surface area contributed by atoms with Gasteiger partial charge < -0.3 is 4.74 Å². The Morgan fingerprint density at radius 1 is 1.43 bits per heavy atom. The van der Waals surface area contributed by atoms with Crippen LogP contribution in [0.2, 0.25) is 0 Å². The number of carbonyl (C=O) groups excluding carboxylic acids is 1. The molecule has 0 unspecified atom stereocenters. The van der Waals surface area contributed by atoms with E-state index in [1.807, 2.05) is 0 Å². The van der Waals surface area contributed by atoms with Crippen molar-refractivity contribution >= 4 is 22.4 Å². The van der Waals surface area contributed by atoms with E-state index in [1.165, 1.54) is 25.1 Å². The molecule has 0 spiro atoms. The summed E-state index contributed by atoms with van der Waals surface area (Å²) < 4.78 is 53.7. The summed E-state index contributed by atoms with van der Waals surface area (Å²) in [5, 5.41) is 4.16. The molecule has 1 atom stereocenters. The molecule has 23 heavy (non-hydrogen) atoms. The van der Waals surface area contributed by atoms with Gasteiger partial charge in [0.15, 0.2) is 5.13 Å². The number of nitrogens with one attached hydrogen (secondary N) is 1. The molecule has 1 aromatic carbocycles. The maximum atomic E-state index is 13.2. The van der Waals surface area contributed by atoms with Gasteiger partial charge in [-0.05, 0) is 19.1 Å². The normalized spacial score (nSPS) is 12.9. The molecule has 0 radical (unpaired) electrons. The van der Waals surface area contributed by atoms with Gasteiger partial charge in [-0.25, -0.2) is 9.37 Å². The molecule has 0 aliphatic carbocycles. The van der Waals surface area contributed by atoms with Crippen molar-refractivity contribution in [1.29, 1.82) is 0 Å². The average Bonchev–Trinajstić information content (AvgIpc) is 2.92. The summed E-state index contributed by atoms with van der Waals surface area (Å²) in [4.78, 5) is 15.8. The van der Waals surface area contributed by atoms with E-state index in [0.29, 0.717) is 11.3 Å². The molecular weight excluding hydrogens is 336 g/mol. The van der Waals surface area contributed by atoms with E-state index < -0.39 is 30.6 Å². The summed E-state index contributed by atoms with van der Waals surface area (Å²) in [6.45, 7) is -0.295. The second-order valence-electron chi connectivity index (χ2n) is 4.61. The number of halogens is 4.